The van der Waals surface area contributed by atoms with Crippen LogP contribution in [-0.4, -0.2) is 42.4 Å². The van der Waals surface area contributed by atoms with Crippen molar-refractivity contribution in [3.05, 3.63) is 0 Å². The fourth-order valence-corrected chi connectivity index (χ4v) is 9.05. The van der Waals surface area contributed by atoms with E-state index in [2.05, 4.69) is 24.5 Å². The Kier molecular flexibility index (Phi) is 5.96. The van der Waals surface area contributed by atoms with E-state index in [0.717, 1.165) is 64.5 Å². The minimum atomic E-state index is -0.575. The molecule has 8 atom stereocenters. The van der Waals surface area contributed by atoms with E-state index < -0.39 is 5.97 Å². The minimum absolute atomic E-state index is 0.0107. The first-order valence-corrected chi connectivity index (χ1v) is 13.2. The van der Waals surface area contributed by atoms with Crippen LogP contribution in [-0.2, 0) is 9.53 Å². The van der Waals surface area contributed by atoms with Crippen LogP contribution >= 0.6 is 0 Å². The zero-order valence-electron chi connectivity index (χ0n) is 19.9. The van der Waals surface area contributed by atoms with Gasteiger partial charge in [0.05, 0.1) is 5.92 Å². The molecule has 3 N–H and O–H groups in total. The summed E-state index contributed by atoms with van der Waals surface area (Å²) in [7, 11) is 0. The van der Waals surface area contributed by atoms with Gasteiger partial charge in [-0.2, -0.15) is 0 Å². The Bertz CT molecular complexity index is 737. The molecule has 0 spiro atoms. The van der Waals surface area contributed by atoms with Crippen LogP contribution in [0, 0.1) is 40.4 Å². The number of ether oxygens (including phenoxy) is 1. The summed E-state index contributed by atoms with van der Waals surface area (Å²) < 4.78 is 5.91. The van der Waals surface area contributed by atoms with Gasteiger partial charge >= 0.3 is 12.1 Å². The number of hydrogen-bond donors (Lipinski definition) is 3. The van der Waals surface area contributed by atoms with Crippen LogP contribution < -0.4 is 10.6 Å². The number of fused-ring (bicyclic) bond motifs is 5. The number of hydrogen-bond acceptors (Lipinski definition) is 4. The van der Waals surface area contributed by atoms with E-state index in [1.807, 2.05) is 0 Å². The monoisotopic (exact) mass is 446 g/mol. The molecule has 5 fully saturated rings. The second-order valence-electron chi connectivity index (χ2n) is 12.1. The largest absolute Gasteiger partial charge is 0.481 e. The number of alkyl carbamates (subject to hydrolysis) is 1. The number of amides is 1. The van der Waals surface area contributed by atoms with Crippen LogP contribution in [0.4, 0.5) is 4.79 Å². The molecular formula is C26H42N2O4. The van der Waals surface area contributed by atoms with Gasteiger partial charge in [0.1, 0.15) is 6.10 Å². The number of piperidine rings is 1. The Morgan fingerprint density at radius 2 is 1.62 bits per heavy atom. The average Bonchev–Trinajstić information content (AvgIpc) is 3.12. The highest BCUT2D eigenvalue weighted by molar-refractivity contribution is 5.71. The fourth-order valence-electron chi connectivity index (χ4n) is 9.05. The maximum atomic E-state index is 12.5. The smallest absolute Gasteiger partial charge is 0.407 e. The molecule has 1 saturated heterocycles. The third kappa shape index (κ3) is 3.74. The van der Waals surface area contributed by atoms with Crippen molar-refractivity contribution in [3.63, 3.8) is 0 Å². The van der Waals surface area contributed by atoms with Crippen LogP contribution in [0.3, 0.4) is 0 Å². The van der Waals surface area contributed by atoms with Gasteiger partial charge in [-0.15, -0.1) is 0 Å². The molecule has 0 radical (unpaired) electrons. The number of nitrogens with one attached hydrogen (secondary N) is 2. The lowest BCUT2D eigenvalue weighted by Gasteiger charge is -2.60. The number of carboxylic acid groups (broad SMARTS) is 1. The first-order valence-electron chi connectivity index (χ1n) is 13.2. The van der Waals surface area contributed by atoms with Gasteiger partial charge in [0.25, 0.3) is 0 Å². The predicted octanol–water partition coefficient (Wildman–Crippen LogP) is 4.58. The summed E-state index contributed by atoms with van der Waals surface area (Å²) in [4.78, 5) is 24.4. The van der Waals surface area contributed by atoms with Crippen molar-refractivity contribution < 1.29 is 19.4 Å². The molecule has 3 unspecified atom stereocenters. The molecule has 5 rings (SSSR count). The molecule has 1 amide bonds. The van der Waals surface area contributed by atoms with Crippen LogP contribution in [0.5, 0.6) is 0 Å². The molecule has 4 aliphatic carbocycles. The Hall–Kier alpha value is -1.30. The van der Waals surface area contributed by atoms with Crippen molar-refractivity contribution in [1.82, 2.24) is 10.6 Å². The van der Waals surface area contributed by atoms with Crippen molar-refractivity contribution in [2.75, 3.05) is 13.1 Å². The number of rotatable bonds is 3. The number of carbonyl (C=O) groups excluding carboxylic acids is 1. The lowest BCUT2D eigenvalue weighted by atomic mass is 9.44. The Labute approximate surface area is 192 Å². The molecule has 6 nitrogen and oxygen atoms in total. The molecule has 0 aromatic heterocycles. The maximum absolute atomic E-state index is 12.5. The van der Waals surface area contributed by atoms with E-state index in [0.29, 0.717) is 29.1 Å². The molecule has 0 aromatic rings. The lowest BCUT2D eigenvalue weighted by Crippen LogP contribution is -2.54. The summed E-state index contributed by atoms with van der Waals surface area (Å²) >= 11 is 0. The first kappa shape index (κ1) is 22.5. The maximum Gasteiger partial charge on any atom is 0.407 e. The van der Waals surface area contributed by atoms with Crippen molar-refractivity contribution >= 4 is 12.1 Å². The van der Waals surface area contributed by atoms with Gasteiger partial charge < -0.3 is 20.5 Å². The molecule has 0 bridgehead atoms. The number of carbonyl (C=O) groups is 2. The van der Waals surface area contributed by atoms with E-state index >= 15 is 0 Å². The Morgan fingerprint density at radius 3 is 2.38 bits per heavy atom. The summed E-state index contributed by atoms with van der Waals surface area (Å²) in [5.41, 5.74) is 0.306. The molecule has 32 heavy (non-hydrogen) atoms. The topological polar surface area (TPSA) is 87.7 Å². The molecule has 5 aliphatic rings. The Morgan fingerprint density at radius 1 is 0.906 bits per heavy atom. The lowest BCUT2D eigenvalue weighted by molar-refractivity contribution is -0.154. The van der Waals surface area contributed by atoms with E-state index in [4.69, 9.17) is 4.74 Å². The zero-order chi connectivity index (χ0) is 22.5. The van der Waals surface area contributed by atoms with Crippen molar-refractivity contribution in [1.29, 1.82) is 0 Å². The number of carboxylic acids is 1. The van der Waals surface area contributed by atoms with Crippen molar-refractivity contribution in [2.24, 2.45) is 40.4 Å². The van der Waals surface area contributed by atoms with E-state index in [-0.39, 0.29) is 29.6 Å². The van der Waals surface area contributed by atoms with Gasteiger partial charge in [0.15, 0.2) is 0 Å². The normalized spacial score (nSPS) is 46.4. The SMILES string of the molecule is C[C@]12CCC(OC(=O)NC3CCNCC3)CC1CC[C@@H]1[C@@H]2CC[C@]2(C)C(C(=O)O)CC[C@@H]12. The predicted molar refractivity (Wildman–Crippen MR) is 122 cm³/mol. The van der Waals surface area contributed by atoms with Gasteiger partial charge in [0.2, 0.25) is 0 Å². The van der Waals surface area contributed by atoms with Gasteiger partial charge in [-0.3, -0.25) is 4.79 Å². The average molecular weight is 447 g/mol. The van der Waals surface area contributed by atoms with Crippen molar-refractivity contribution in [2.45, 2.75) is 96.6 Å². The molecule has 4 saturated carbocycles. The highest BCUT2D eigenvalue weighted by Gasteiger charge is 2.61. The van der Waals surface area contributed by atoms with Crippen molar-refractivity contribution in [3.8, 4) is 0 Å². The summed E-state index contributed by atoms with van der Waals surface area (Å²) in [6.07, 6.45) is 11.5. The molecular weight excluding hydrogens is 404 g/mol. The zero-order valence-corrected chi connectivity index (χ0v) is 19.9. The van der Waals surface area contributed by atoms with Crippen LogP contribution in [0.2, 0.25) is 0 Å². The fraction of sp³-hybridized carbons (Fsp3) is 0.923. The molecule has 180 valence electrons. The summed E-state index contributed by atoms with van der Waals surface area (Å²) in [5, 5.41) is 16.2. The van der Waals surface area contributed by atoms with Crippen LogP contribution in [0.25, 0.3) is 0 Å². The van der Waals surface area contributed by atoms with Crippen LogP contribution in [0.15, 0.2) is 0 Å². The Balaban J connectivity index is 1.21. The quantitative estimate of drug-likeness (QED) is 0.591. The summed E-state index contributed by atoms with van der Waals surface area (Å²) in [5.74, 6) is 1.85. The van der Waals surface area contributed by atoms with Gasteiger partial charge in [-0.1, -0.05) is 13.8 Å². The van der Waals surface area contributed by atoms with E-state index in [9.17, 15) is 14.7 Å². The molecule has 1 heterocycles. The van der Waals surface area contributed by atoms with Crippen LogP contribution in [0.1, 0.15) is 84.5 Å². The second kappa shape index (κ2) is 8.48. The summed E-state index contributed by atoms with van der Waals surface area (Å²) in [6.45, 7) is 6.71. The third-order valence-corrected chi connectivity index (χ3v) is 10.9. The highest BCUT2D eigenvalue weighted by atomic mass is 16.6. The first-order chi connectivity index (χ1) is 15.3. The molecule has 1 aliphatic heterocycles. The standard InChI is InChI=1S/C26H42N2O4/c1-25-11-7-18(32-24(31)28-17-9-13-27-14-10-17)15-16(25)3-4-19-20-5-6-22(23(29)30)26(20,2)12-8-21(19)25/h16-22,27H,3-15H2,1-2H3,(H,28,31)(H,29,30)/t16?,18?,19-,20-,21-,22?,25-,26-/m0/s1. The van der Waals surface area contributed by atoms with E-state index in [1.54, 1.807) is 0 Å². The van der Waals surface area contributed by atoms with E-state index in [1.165, 1.54) is 19.3 Å². The second-order valence-corrected chi connectivity index (χ2v) is 12.1. The van der Waals surface area contributed by atoms with Gasteiger partial charge in [-0.25, -0.2) is 4.79 Å². The summed E-state index contributed by atoms with van der Waals surface area (Å²) in [6, 6.07) is 0.241. The molecule has 0 aromatic carbocycles. The number of aliphatic carboxylic acids is 1. The molecule has 6 heteroatoms. The highest BCUT2D eigenvalue weighted by Crippen LogP contribution is 2.67. The van der Waals surface area contributed by atoms with Gasteiger partial charge in [0, 0.05) is 6.04 Å². The third-order valence-electron chi connectivity index (χ3n) is 10.9. The van der Waals surface area contributed by atoms with Gasteiger partial charge in [-0.05, 0) is 118 Å². The minimum Gasteiger partial charge on any atom is -0.481 e.